The maximum absolute atomic E-state index is 12.5. The Hall–Kier alpha value is -2.16. The van der Waals surface area contributed by atoms with Crippen molar-refractivity contribution in [1.29, 1.82) is 0 Å². The summed E-state index contributed by atoms with van der Waals surface area (Å²) in [6, 6.07) is 14.1. The summed E-state index contributed by atoms with van der Waals surface area (Å²) in [5.41, 5.74) is 1.05. The van der Waals surface area contributed by atoms with Crippen molar-refractivity contribution in [2.75, 3.05) is 7.11 Å². The summed E-state index contributed by atoms with van der Waals surface area (Å²) < 4.78 is 4.65. The van der Waals surface area contributed by atoms with E-state index in [1.807, 2.05) is 44.2 Å². The van der Waals surface area contributed by atoms with E-state index in [9.17, 15) is 9.59 Å². The highest BCUT2D eigenvalue weighted by Gasteiger charge is 2.21. The van der Waals surface area contributed by atoms with Gasteiger partial charge >= 0.3 is 5.97 Å². The van der Waals surface area contributed by atoms with Gasteiger partial charge in [0.05, 0.1) is 7.11 Å². The Bertz CT molecular complexity index is 670. The van der Waals surface area contributed by atoms with Gasteiger partial charge in [0.2, 0.25) is 0 Å². The second kappa shape index (κ2) is 7.21. The Morgan fingerprint density at radius 3 is 2.41 bits per heavy atom. The Morgan fingerprint density at radius 1 is 1.00 bits per heavy atom. The quantitative estimate of drug-likeness (QED) is 0.754. The number of ketones is 1. The molecule has 0 aromatic heterocycles. The molecule has 0 unspecified atom stereocenters. The van der Waals surface area contributed by atoms with Gasteiger partial charge in [-0.2, -0.15) is 0 Å². The molecule has 3 heteroatoms. The maximum Gasteiger partial charge on any atom is 0.305 e. The smallest absolute Gasteiger partial charge is 0.305 e. The molecular formula is C19H22O3. The molecule has 2 rings (SSSR count). The molecule has 0 fully saturated rings. The monoisotopic (exact) mass is 298 g/mol. The van der Waals surface area contributed by atoms with Crippen LogP contribution in [-0.4, -0.2) is 18.9 Å². The van der Waals surface area contributed by atoms with E-state index in [2.05, 4.69) is 16.9 Å². The zero-order valence-electron chi connectivity index (χ0n) is 13.3. The molecule has 2 atom stereocenters. The first-order chi connectivity index (χ1) is 10.5. The van der Waals surface area contributed by atoms with Gasteiger partial charge in [-0.05, 0) is 22.3 Å². The van der Waals surface area contributed by atoms with Crippen LogP contribution in [0.5, 0.6) is 0 Å². The molecule has 0 saturated heterocycles. The fourth-order valence-corrected chi connectivity index (χ4v) is 2.76. The molecule has 2 aromatic carbocycles. The van der Waals surface area contributed by atoms with Crippen LogP contribution < -0.4 is 0 Å². The van der Waals surface area contributed by atoms with Gasteiger partial charge in [0, 0.05) is 18.8 Å². The molecule has 0 bridgehead atoms. The minimum atomic E-state index is -0.266. The standard InChI is InChI=1S/C19H22O3/c1-13(12-19(21)22-3)11-18(20)14(2)16-10-6-8-15-7-4-5-9-17(15)16/h4-10,13-14H,11-12H2,1-3H3/t13-,14+/m0/s1. The number of Topliss-reactive ketones (excluding diaryl/α,β-unsaturated/α-hetero) is 1. The Morgan fingerprint density at radius 2 is 1.68 bits per heavy atom. The van der Waals surface area contributed by atoms with Crippen LogP contribution in [0.3, 0.4) is 0 Å². The molecule has 0 aliphatic carbocycles. The number of benzene rings is 2. The molecule has 2 aromatic rings. The topological polar surface area (TPSA) is 43.4 Å². The second-order valence-corrected chi connectivity index (χ2v) is 5.85. The molecule has 0 amide bonds. The average Bonchev–Trinajstić information content (AvgIpc) is 2.53. The first kappa shape index (κ1) is 16.2. The highest BCUT2D eigenvalue weighted by molar-refractivity contribution is 5.93. The number of hydrogen-bond donors (Lipinski definition) is 0. The first-order valence-corrected chi connectivity index (χ1v) is 7.60. The van der Waals surface area contributed by atoms with E-state index in [1.165, 1.54) is 7.11 Å². The lowest BCUT2D eigenvalue weighted by molar-refractivity contribution is -0.141. The van der Waals surface area contributed by atoms with E-state index in [4.69, 9.17) is 0 Å². The van der Waals surface area contributed by atoms with Crippen LogP contribution in [0.15, 0.2) is 42.5 Å². The predicted molar refractivity (Wildman–Crippen MR) is 87.8 cm³/mol. The van der Waals surface area contributed by atoms with E-state index in [0.29, 0.717) is 6.42 Å². The Labute approximate surface area is 131 Å². The summed E-state index contributed by atoms with van der Waals surface area (Å²) in [7, 11) is 1.37. The minimum absolute atomic E-state index is 0.00243. The van der Waals surface area contributed by atoms with E-state index in [1.54, 1.807) is 0 Å². The van der Waals surface area contributed by atoms with Gasteiger partial charge in [0.1, 0.15) is 5.78 Å². The van der Waals surface area contributed by atoms with Gasteiger partial charge in [-0.3, -0.25) is 9.59 Å². The molecule has 22 heavy (non-hydrogen) atoms. The van der Waals surface area contributed by atoms with Crippen molar-refractivity contribution in [1.82, 2.24) is 0 Å². The van der Waals surface area contributed by atoms with Crippen molar-refractivity contribution in [2.24, 2.45) is 5.92 Å². The molecule has 0 heterocycles. The summed E-state index contributed by atoms with van der Waals surface area (Å²) in [5, 5.41) is 2.26. The van der Waals surface area contributed by atoms with Crippen LogP contribution in [0.1, 0.15) is 38.2 Å². The molecule has 0 saturated carbocycles. The van der Waals surface area contributed by atoms with E-state index in [0.717, 1.165) is 16.3 Å². The lowest BCUT2D eigenvalue weighted by Gasteiger charge is -2.16. The molecular weight excluding hydrogens is 276 g/mol. The van der Waals surface area contributed by atoms with Gasteiger partial charge in [-0.1, -0.05) is 56.3 Å². The van der Waals surface area contributed by atoms with Crippen LogP contribution >= 0.6 is 0 Å². The van der Waals surface area contributed by atoms with Crippen molar-refractivity contribution < 1.29 is 14.3 Å². The molecule has 3 nitrogen and oxygen atoms in total. The van der Waals surface area contributed by atoms with Gasteiger partial charge < -0.3 is 4.74 Å². The zero-order valence-corrected chi connectivity index (χ0v) is 13.3. The lowest BCUT2D eigenvalue weighted by atomic mass is 9.87. The number of esters is 1. The zero-order chi connectivity index (χ0) is 16.1. The number of carbonyl (C=O) groups excluding carboxylic acids is 2. The summed E-state index contributed by atoms with van der Waals surface area (Å²) in [6.07, 6.45) is 0.671. The van der Waals surface area contributed by atoms with Gasteiger partial charge in [0.25, 0.3) is 0 Å². The predicted octanol–water partition coefficient (Wildman–Crippen LogP) is 4.10. The number of ether oxygens (including phenoxy) is 1. The number of hydrogen-bond acceptors (Lipinski definition) is 3. The number of methoxy groups -OCH3 is 1. The SMILES string of the molecule is COC(=O)C[C@@H](C)CC(=O)[C@H](C)c1cccc2ccccc12. The fraction of sp³-hybridized carbons (Fsp3) is 0.368. The molecule has 0 spiro atoms. The average molecular weight is 298 g/mol. The van der Waals surface area contributed by atoms with Crippen LogP contribution in [-0.2, 0) is 14.3 Å². The third-order valence-electron chi connectivity index (χ3n) is 4.07. The first-order valence-electron chi connectivity index (χ1n) is 7.60. The summed E-state index contributed by atoms with van der Waals surface area (Å²) in [6.45, 7) is 3.85. The van der Waals surface area contributed by atoms with Gasteiger partial charge in [-0.15, -0.1) is 0 Å². The molecule has 116 valence electrons. The molecule has 0 radical (unpaired) electrons. The summed E-state index contributed by atoms with van der Waals surface area (Å²) in [5.74, 6) is -0.283. The summed E-state index contributed by atoms with van der Waals surface area (Å²) >= 11 is 0. The van der Waals surface area contributed by atoms with E-state index in [-0.39, 0.29) is 30.0 Å². The van der Waals surface area contributed by atoms with Crippen molar-refractivity contribution in [3.8, 4) is 0 Å². The van der Waals surface area contributed by atoms with Crippen molar-refractivity contribution in [3.63, 3.8) is 0 Å². The highest BCUT2D eigenvalue weighted by Crippen LogP contribution is 2.28. The van der Waals surface area contributed by atoms with E-state index >= 15 is 0 Å². The lowest BCUT2D eigenvalue weighted by Crippen LogP contribution is -2.16. The summed E-state index contributed by atoms with van der Waals surface area (Å²) in [4.78, 5) is 23.8. The molecule has 0 N–H and O–H groups in total. The fourth-order valence-electron chi connectivity index (χ4n) is 2.76. The molecule has 0 aliphatic heterocycles. The van der Waals surface area contributed by atoms with Crippen LogP contribution in [0.25, 0.3) is 10.8 Å². The third kappa shape index (κ3) is 3.73. The normalized spacial score (nSPS) is 13.6. The third-order valence-corrected chi connectivity index (χ3v) is 4.07. The van der Waals surface area contributed by atoms with Gasteiger partial charge in [0.15, 0.2) is 0 Å². The minimum Gasteiger partial charge on any atom is -0.469 e. The second-order valence-electron chi connectivity index (χ2n) is 5.85. The van der Waals surface area contributed by atoms with Crippen LogP contribution in [0, 0.1) is 5.92 Å². The number of rotatable bonds is 6. The Kier molecular flexibility index (Phi) is 5.31. The van der Waals surface area contributed by atoms with Crippen molar-refractivity contribution >= 4 is 22.5 Å². The van der Waals surface area contributed by atoms with Crippen LogP contribution in [0.4, 0.5) is 0 Å². The number of carbonyl (C=O) groups is 2. The highest BCUT2D eigenvalue weighted by atomic mass is 16.5. The molecule has 0 aliphatic rings. The number of fused-ring (bicyclic) bond motifs is 1. The van der Waals surface area contributed by atoms with Crippen LogP contribution in [0.2, 0.25) is 0 Å². The van der Waals surface area contributed by atoms with Crippen molar-refractivity contribution in [3.05, 3.63) is 48.0 Å². The van der Waals surface area contributed by atoms with Crippen molar-refractivity contribution in [2.45, 2.75) is 32.6 Å². The Balaban J connectivity index is 2.14. The van der Waals surface area contributed by atoms with Gasteiger partial charge in [-0.25, -0.2) is 0 Å². The largest absolute Gasteiger partial charge is 0.469 e. The maximum atomic E-state index is 12.5. The van der Waals surface area contributed by atoms with E-state index < -0.39 is 0 Å².